The van der Waals surface area contributed by atoms with Gasteiger partial charge >= 0.3 is 0 Å². The van der Waals surface area contributed by atoms with Gasteiger partial charge in [0.2, 0.25) is 5.91 Å². The number of nitrogens with zero attached hydrogens (tertiary/aromatic N) is 4. The Bertz CT molecular complexity index is 3390. The predicted octanol–water partition coefficient (Wildman–Crippen LogP) is 13.0. The molecule has 0 fully saturated rings. The topological polar surface area (TPSA) is 112 Å². The summed E-state index contributed by atoms with van der Waals surface area (Å²) in [5.41, 5.74) is 18.1. The van der Waals surface area contributed by atoms with Crippen molar-refractivity contribution in [1.82, 2.24) is 29.9 Å². The average molecular weight is 826 g/mol. The number of hydrogen-bond donors (Lipinski definition) is 3. The van der Waals surface area contributed by atoms with Gasteiger partial charge in [0.05, 0.1) is 40.6 Å². The van der Waals surface area contributed by atoms with E-state index < -0.39 is 0 Å². The smallest absolute Gasteiger partial charge is 0.228 e. The van der Waals surface area contributed by atoms with E-state index in [1.165, 1.54) is 0 Å². The first-order chi connectivity index (χ1) is 31.6. The van der Waals surface area contributed by atoms with Crippen LogP contribution >= 0.6 is 0 Å². The number of amides is 1. The van der Waals surface area contributed by atoms with E-state index in [1.807, 2.05) is 72.8 Å². The van der Waals surface area contributed by atoms with Crippen molar-refractivity contribution in [3.05, 3.63) is 211 Å². The molecule has 5 aromatic heterocycles. The van der Waals surface area contributed by atoms with Crippen molar-refractivity contribution in [3.63, 3.8) is 0 Å². The Labute approximate surface area is 369 Å². The summed E-state index contributed by atoms with van der Waals surface area (Å²) in [6, 6.07) is 57.2. The summed E-state index contributed by atoms with van der Waals surface area (Å²) in [6.07, 6.45) is 12.1. The minimum atomic E-state index is -0.127. The molecule has 2 aliphatic heterocycles. The van der Waals surface area contributed by atoms with Gasteiger partial charge in [-0.1, -0.05) is 109 Å². The Morgan fingerprint density at radius 3 is 1.28 bits per heavy atom. The van der Waals surface area contributed by atoms with Crippen molar-refractivity contribution >= 4 is 58.0 Å². The van der Waals surface area contributed by atoms with E-state index in [2.05, 4.69) is 147 Å². The monoisotopic (exact) mass is 825 g/mol. The molecule has 3 N–H and O–H groups in total. The van der Waals surface area contributed by atoms with Crippen LogP contribution in [0.2, 0.25) is 0 Å². The van der Waals surface area contributed by atoms with Crippen LogP contribution in [0.15, 0.2) is 182 Å². The molecule has 0 aliphatic carbocycles. The molecule has 0 radical (unpaired) electrons. The number of fused-ring (bicyclic) bond motifs is 8. The van der Waals surface area contributed by atoms with E-state index >= 15 is 0 Å². The summed E-state index contributed by atoms with van der Waals surface area (Å²) in [5.74, 6) is -0.127. The van der Waals surface area contributed by atoms with Gasteiger partial charge in [-0.15, -0.1) is 0 Å². The van der Waals surface area contributed by atoms with E-state index in [-0.39, 0.29) is 12.3 Å². The fourth-order valence-corrected chi connectivity index (χ4v) is 8.58. The summed E-state index contributed by atoms with van der Waals surface area (Å²) >= 11 is 0. The normalized spacial score (nSPS) is 11.8. The van der Waals surface area contributed by atoms with Crippen molar-refractivity contribution in [2.24, 2.45) is 0 Å². The fourth-order valence-electron chi connectivity index (χ4n) is 8.58. The lowest BCUT2D eigenvalue weighted by atomic mass is 10.0. The SMILES string of the molecule is O=C(Cc1ccnc(-c2ccccn2)c1)Nc1ccc(-c2c3nc(c(-c4ccccc4)c4ccc([nH]4)c(-c4ccccc4)c4nc(c(-c5ccccc5)c5ccc2[nH]5)C=C4)C=C3)cc1. The number of aromatic amines is 2. The first-order valence-corrected chi connectivity index (χ1v) is 21.2. The number of hydrogen-bond acceptors (Lipinski definition) is 5. The summed E-state index contributed by atoms with van der Waals surface area (Å²) in [6.45, 7) is 0. The third kappa shape index (κ3) is 7.50. The number of nitrogens with one attached hydrogen (secondary N) is 3. The first kappa shape index (κ1) is 38.2. The predicted molar refractivity (Wildman–Crippen MR) is 260 cm³/mol. The van der Waals surface area contributed by atoms with Gasteiger partial charge in [0.1, 0.15) is 0 Å². The van der Waals surface area contributed by atoms with Crippen molar-refractivity contribution in [1.29, 1.82) is 0 Å². The van der Waals surface area contributed by atoms with Gasteiger partial charge in [0.25, 0.3) is 0 Å². The highest BCUT2D eigenvalue weighted by molar-refractivity contribution is 6.00. The molecule has 8 heteroatoms. The van der Waals surface area contributed by atoms with Crippen molar-refractivity contribution < 1.29 is 4.79 Å². The molecule has 0 saturated heterocycles. The van der Waals surface area contributed by atoms with Gasteiger partial charge in [-0.25, -0.2) is 9.97 Å². The van der Waals surface area contributed by atoms with E-state index in [0.29, 0.717) is 5.69 Å². The molecule has 1 amide bonds. The molecule has 7 heterocycles. The summed E-state index contributed by atoms with van der Waals surface area (Å²) < 4.78 is 0. The number of pyridine rings is 2. The maximum Gasteiger partial charge on any atom is 0.228 e. The number of carbonyl (C=O) groups excluding carboxylic acids is 1. The lowest BCUT2D eigenvalue weighted by Crippen LogP contribution is -2.14. The van der Waals surface area contributed by atoms with Gasteiger partial charge in [0, 0.05) is 62.4 Å². The largest absolute Gasteiger partial charge is 0.354 e. The molecule has 0 spiro atoms. The zero-order valence-corrected chi connectivity index (χ0v) is 34.5. The van der Waals surface area contributed by atoms with Gasteiger partial charge in [-0.2, -0.15) is 0 Å². The number of anilines is 1. The Hall–Kier alpha value is -8.75. The standard InChI is InChI=1S/C56H39N7O/c64-52(35-36-31-33-58-51(34-36)42-18-10-11-32-57-42)59-41-21-19-40(20-22-41)56-49-29-27-47(62-49)54(38-14-6-2-7-15-38)45-25-23-43(60-45)53(37-12-4-1-5-13-37)44-24-26-46(61-44)55(39-16-8-3-9-17-39)48-28-30-50(56)63-48/h1-34,60,63H,35H2,(H,59,64). The number of rotatable bonds is 8. The highest BCUT2D eigenvalue weighted by Gasteiger charge is 2.19. The maximum atomic E-state index is 13.4. The summed E-state index contributed by atoms with van der Waals surface area (Å²) in [7, 11) is 0. The fraction of sp³-hybridized carbons (Fsp3) is 0.0179. The molecule has 2 aliphatic rings. The second-order valence-corrected chi connectivity index (χ2v) is 15.7. The van der Waals surface area contributed by atoms with Crippen molar-refractivity contribution in [3.8, 4) is 55.9 Å². The second kappa shape index (κ2) is 16.6. The van der Waals surface area contributed by atoms with Gasteiger partial charge in [0.15, 0.2) is 0 Å². The molecule has 304 valence electrons. The molecule has 8 bridgehead atoms. The number of benzene rings is 4. The van der Waals surface area contributed by atoms with Crippen molar-refractivity contribution in [2.75, 3.05) is 5.32 Å². The quantitative estimate of drug-likeness (QED) is 0.141. The van der Waals surface area contributed by atoms with Crippen LogP contribution in [0.3, 0.4) is 0 Å². The second-order valence-electron chi connectivity index (χ2n) is 15.7. The Morgan fingerprint density at radius 2 is 0.844 bits per heavy atom. The molecule has 11 rings (SSSR count). The minimum absolute atomic E-state index is 0.127. The van der Waals surface area contributed by atoms with E-state index in [4.69, 9.17) is 9.97 Å². The Balaban J connectivity index is 1.08. The van der Waals surface area contributed by atoms with Crippen LogP contribution in [0.25, 0.3) is 102 Å². The molecule has 9 aromatic rings. The average Bonchev–Trinajstić information content (AvgIpc) is 4.20. The lowest BCUT2D eigenvalue weighted by molar-refractivity contribution is -0.115. The minimum Gasteiger partial charge on any atom is -0.354 e. The number of H-pyrrole nitrogens is 2. The molecule has 0 atom stereocenters. The van der Waals surface area contributed by atoms with Crippen LogP contribution < -0.4 is 5.32 Å². The van der Waals surface area contributed by atoms with Gasteiger partial charge in [-0.3, -0.25) is 14.8 Å². The number of carbonyl (C=O) groups is 1. The molecular weight excluding hydrogens is 787 g/mol. The van der Waals surface area contributed by atoms with Crippen LogP contribution in [0.5, 0.6) is 0 Å². The van der Waals surface area contributed by atoms with E-state index in [0.717, 1.165) is 106 Å². The maximum absolute atomic E-state index is 13.4. The molecule has 0 unspecified atom stereocenters. The number of aromatic nitrogens is 6. The summed E-state index contributed by atoms with van der Waals surface area (Å²) in [5, 5.41) is 3.10. The van der Waals surface area contributed by atoms with E-state index in [1.54, 1.807) is 12.4 Å². The van der Waals surface area contributed by atoms with Crippen LogP contribution in [0, 0.1) is 0 Å². The van der Waals surface area contributed by atoms with Crippen LogP contribution in [0.1, 0.15) is 28.3 Å². The van der Waals surface area contributed by atoms with Gasteiger partial charge < -0.3 is 15.3 Å². The third-order valence-corrected chi connectivity index (χ3v) is 11.5. The molecule has 8 nitrogen and oxygen atoms in total. The lowest BCUT2D eigenvalue weighted by Gasteiger charge is -2.09. The molecule has 0 saturated carbocycles. The Morgan fingerprint density at radius 1 is 0.422 bits per heavy atom. The zero-order chi connectivity index (χ0) is 42.8. The van der Waals surface area contributed by atoms with Gasteiger partial charge in [-0.05, 0) is 113 Å². The zero-order valence-electron chi connectivity index (χ0n) is 34.5. The first-order valence-electron chi connectivity index (χ1n) is 21.2. The Kier molecular flexibility index (Phi) is 9.91. The molecular formula is C56H39N7O. The third-order valence-electron chi connectivity index (χ3n) is 11.5. The highest BCUT2D eigenvalue weighted by Crippen LogP contribution is 2.38. The van der Waals surface area contributed by atoms with Crippen LogP contribution in [-0.4, -0.2) is 35.8 Å². The molecule has 4 aromatic carbocycles. The highest BCUT2D eigenvalue weighted by atomic mass is 16.1. The van der Waals surface area contributed by atoms with Crippen LogP contribution in [-0.2, 0) is 11.2 Å². The summed E-state index contributed by atoms with van der Waals surface area (Å²) in [4.78, 5) is 40.7. The van der Waals surface area contributed by atoms with E-state index in [9.17, 15) is 4.79 Å². The van der Waals surface area contributed by atoms with Crippen molar-refractivity contribution in [2.45, 2.75) is 6.42 Å². The van der Waals surface area contributed by atoms with Crippen LogP contribution in [0.4, 0.5) is 5.69 Å². The molecule has 64 heavy (non-hydrogen) atoms.